The monoisotopic (exact) mass is 654 g/mol. The topological polar surface area (TPSA) is 48.8 Å². The van der Waals surface area contributed by atoms with E-state index in [4.69, 9.17) is 14.4 Å². The molecule has 11 rings (SSSR count). The van der Waals surface area contributed by atoms with Gasteiger partial charge >= 0.3 is 0 Å². The number of rotatable bonds is 4. The van der Waals surface area contributed by atoms with E-state index < -0.39 is 0 Å². The van der Waals surface area contributed by atoms with E-state index in [1.807, 2.05) is 12.3 Å². The van der Waals surface area contributed by atoms with Gasteiger partial charge in [0.15, 0.2) is 0 Å². The summed E-state index contributed by atoms with van der Waals surface area (Å²) < 4.78 is 11.0. The Bertz CT molecular complexity index is 3080. The lowest BCUT2D eigenvalue weighted by Crippen LogP contribution is -1.96. The summed E-state index contributed by atoms with van der Waals surface area (Å²) in [5.74, 6) is 0. The van der Waals surface area contributed by atoms with Crippen LogP contribution in [0.5, 0.6) is 0 Å². The summed E-state index contributed by atoms with van der Waals surface area (Å²) in [6.07, 6.45) is 10.9. The summed E-state index contributed by atoms with van der Waals surface area (Å²) >= 11 is 0. The minimum atomic E-state index is 0.541. The molecule has 4 heterocycles. The average molecular weight is 655 g/mol. The lowest BCUT2D eigenvalue weighted by molar-refractivity contribution is 0.653. The third-order valence-electron chi connectivity index (χ3n) is 10.4. The molecule has 0 N–H and O–H groups in total. The molecule has 0 aliphatic heterocycles. The zero-order valence-corrected chi connectivity index (χ0v) is 27.6. The summed E-state index contributed by atoms with van der Waals surface area (Å²) in [6, 6.07) is 47.5. The first-order valence-corrected chi connectivity index (χ1v) is 17.5. The SMILES string of the molecule is C1=CC(n2c3ccccc3c3cc(-c4ccc5oc6nc(-c7ccc8c(c7)c7ccccc7n8-c7ccccc7)cnc6c5c4)ccc32)=CCC1. The second-order valence-corrected chi connectivity index (χ2v) is 13.3. The normalized spacial score (nSPS) is 13.4. The van der Waals surface area contributed by atoms with Crippen LogP contribution in [0, 0.1) is 0 Å². The highest BCUT2D eigenvalue weighted by molar-refractivity contribution is 6.13. The van der Waals surface area contributed by atoms with E-state index in [-0.39, 0.29) is 0 Å². The smallest absolute Gasteiger partial charge is 0.246 e. The van der Waals surface area contributed by atoms with Crippen molar-refractivity contribution in [1.82, 2.24) is 19.1 Å². The zero-order valence-electron chi connectivity index (χ0n) is 27.6. The Morgan fingerprint density at radius 3 is 1.92 bits per heavy atom. The molecule has 0 saturated heterocycles. The molecule has 0 amide bonds. The van der Waals surface area contributed by atoms with E-state index in [9.17, 15) is 0 Å². The Morgan fingerprint density at radius 2 is 1.16 bits per heavy atom. The third kappa shape index (κ3) is 4.28. The molecule has 240 valence electrons. The molecule has 6 aromatic carbocycles. The summed E-state index contributed by atoms with van der Waals surface area (Å²) in [5, 5.41) is 5.84. The zero-order chi connectivity index (χ0) is 33.5. The van der Waals surface area contributed by atoms with Gasteiger partial charge in [-0.1, -0.05) is 84.9 Å². The lowest BCUT2D eigenvalue weighted by Gasteiger charge is -2.12. The maximum atomic E-state index is 6.33. The van der Waals surface area contributed by atoms with Crippen LogP contribution in [0.4, 0.5) is 0 Å². The quantitative estimate of drug-likeness (QED) is 0.190. The van der Waals surface area contributed by atoms with Gasteiger partial charge in [-0.25, -0.2) is 9.97 Å². The number of benzene rings is 6. The van der Waals surface area contributed by atoms with Crippen molar-refractivity contribution in [2.45, 2.75) is 12.8 Å². The molecule has 0 saturated carbocycles. The Labute approximate surface area is 293 Å². The molecule has 0 radical (unpaired) electrons. The number of fused-ring (bicyclic) bond motifs is 9. The number of hydrogen-bond donors (Lipinski definition) is 0. The highest BCUT2D eigenvalue weighted by Gasteiger charge is 2.18. The van der Waals surface area contributed by atoms with Crippen molar-refractivity contribution in [3.05, 3.63) is 158 Å². The van der Waals surface area contributed by atoms with Gasteiger partial charge in [0.1, 0.15) is 11.1 Å². The van der Waals surface area contributed by atoms with Crippen molar-refractivity contribution in [3.8, 4) is 28.1 Å². The first-order valence-electron chi connectivity index (χ1n) is 17.5. The predicted octanol–water partition coefficient (Wildman–Crippen LogP) is 12.1. The molecule has 1 aliphatic rings. The van der Waals surface area contributed by atoms with Crippen LogP contribution < -0.4 is 0 Å². The first kappa shape index (κ1) is 28.2. The molecule has 5 nitrogen and oxygen atoms in total. The minimum absolute atomic E-state index is 0.541. The molecule has 51 heavy (non-hydrogen) atoms. The number of hydrogen-bond acceptors (Lipinski definition) is 3. The van der Waals surface area contributed by atoms with E-state index in [2.05, 4.69) is 155 Å². The van der Waals surface area contributed by atoms with E-state index >= 15 is 0 Å². The predicted molar refractivity (Wildman–Crippen MR) is 210 cm³/mol. The molecule has 4 aromatic heterocycles. The van der Waals surface area contributed by atoms with Gasteiger partial charge in [-0.3, -0.25) is 0 Å². The number of allylic oxidation sites excluding steroid dienone is 4. The highest BCUT2D eigenvalue weighted by Crippen LogP contribution is 2.39. The van der Waals surface area contributed by atoms with Gasteiger partial charge in [-0.05, 0) is 90.7 Å². The van der Waals surface area contributed by atoms with Crippen LogP contribution >= 0.6 is 0 Å². The highest BCUT2D eigenvalue weighted by atomic mass is 16.3. The van der Waals surface area contributed by atoms with Gasteiger partial charge in [-0.2, -0.15) is 0 Å². The molecule has 5 heteroatoms. The molecule has 0 spiro atoms. The molecule has 0 atom stereocenters. The van der Waals surface area contributed by atoms with Gasteiger partial charge in [0.25, 0.3) is 0 Å². The van der Waals surface area contributed by atoms with Crippen molar-refractivity contribution in [3.63, 3.8) is 0 Å². The van der Waals surface area contributed by atoms with E-state index in [1.54, 1.807) is 0 Å². The van der Waals surface area contributed by atoms with Crippen molar-refractivity contribution in [2.75, 3.05) is 0 Å². The Morgan fingerprint density at radius 1 is 0.529 bits per heavy atom. The van der Waals surface area contributed by atoms with Crippen molar-refractivity contribution >= 4 is 71.5 Å². The Hall–Kier alpha value is -6.72. The summed E-state index contributed by atoms with van der Waals surface area (Å²) in [7, 11) is 0. The van der Waals surface area contributed by atoms with Crippen LogP contribution in [0.2, 0.25) is 0 Å². The third-order valence-corrected chi connectivity index (χ3v) is 10.4. The van der Waals surface area contributed by atoms with Crippen LogP contribution in [-0.4, -0.2) is 19.1 Å². The summed E-state index contributed by atoms with van der Waals surface area (Å²) in [6.45, 7) is 0. The number of furan rings is 1. The fourth-order valence-electron chi connectivity index (χ4n) is 8.04. The second kappa shape index (κ2) is 10.9. The molecule has 0 unspecified atom stereocenters. The van der Waals surface area contributed by atoms with Crippen LogP contribution in [0.3, 0.4) is 0 Å². The first-order chi connectivity index (χ1) is 25.3. The molecule has 0 fully saturated rings. The van der Waals surface area contributed by atoms with Crippen molar-refractivity contribution in [2.24, 2.45) is 0 Å². The standard InChI is InChI=1S/C46H30N4O/c1-3-11-32(12-4-1)49-40-17-9-7-15-34(40)36-25-29(19-22-42(36)49)30-21-24-44-38(26-30)45-46(51-44)48-39(28-47-45)31-20-23-43-37(27-31)35-16-8-10-18-41(35)50(43)33-13-5-2-6-14-33/h2-3,5-28H,1,4H2. The van der Waals surface area contributed by atoms with E-state index in [0.29, 0.717) is 5.71 Å². The molecule has 10 aromatic rings. The van der Waals surface area contributed by atoms with Gasteiger partial charge in [0.2, 0.25) is 5.71 Å². The number of para-hydroxylation sites is 3. The van der Waals surface area contributed by atoms with Gasteiger partial charge in [0.05, 0.1) is 34.0 Å². The van der Waals surface area contributed by atoms with Crippen LogP contribution in [0.1, 0.15) is 12.8 Å². The van der Waals surface area contributed by atoms with Crippen LogP contribution in [-0.2, 0) is 0 Å². The van der Waals surface area contributed by atoms with Crippen molar-refractivity contribution in [1.29, 1.82) is 0 Å². The summed E-state index contributed by atoms with van der Waals surface area (Å²) in [5.41, 5.74) is 13.3. The maximum absolute atomic E-state index is 6.33. The van der Waals surface area contributed by atoms with Gasteiger partial charge in [0, 0.05) is 43.9 Å². The fourth-order valence-corrected chi connectivity index (χ4v) is 8.04. The number of nitrogens with zero attached hydrogens (tertiary/aromatic N) is 4. The molecular weight excluding hydrogens is 625 g/mol. The minimum Gasteiger partial charge on any atom is -0.436 e. The largest absolute Gasteiger partial charge is 0.436 e. The van der Waals surface area contributed by atoms with Crippen LogP contribution in [0.15, 0.2) is 162 Å². The van der Waals surface area contributed by atoms with Gasteiger partial charge in [-0.15, -0.1) is 0 Å². The molecule has 1 aliphatic carbocycles. The summed E-state index contributed by atoms with van der Waals surface area (Å²) in [4.78, 5) is 9.95. The Kier molecular flexibility index (Phi) is 6.01. The second-order valence-electron chi connectivity index (χ2n) is 13.3. The fraction of sp³-hybridized carbons (Fsp3) is 0.0435. The lowest BCUT2D eigenvalue weighted by atomic mass is 10.0. The number of aromatic nitrogens is 4. The van der Waals surface area contributed by atoms with Crippen LogP contribution in [0.25, 0.3) is 99.6 Å². The Balaban J connectivity index is 1.01. The van der Waals surface area contributed by atoms with E-state index in [1.165, 1.54) is 43.8 Å². The average Bonchev–Trinajstić information content (AvgIpc) is 3.85. The van der Waals surface area contributed by atoms with Crippen molar-refractivity contribution < 1.29 is 4.42 Å². The molecule has 0 bridgehead atoms. The molecular formula is C46H30N4O. The van der Waals surface area contributed by atoms with E-state index in [0.717, 1.165) is 62.9 Å². The maximum Gasteiger partial charge on any atom is 0.246 e. The van der Waals surface area contributed by atoms with Gasteiger partial charge < -0.3 is 13.6 Å².